The fraction of sp³-hybridized carbons (Fsp3) is 0.611. The number of methoxy groups -OCH3 is 1. The van der Waals surface area contributed by atoms with Crippen LogP contribution in [-0.2, 0) is 6.54 Å². The third-order valence-electron chi connectivity index (χ3n) is 4.28. The molecular formula is C18H31IN4O. The van der Waals surface area contributed by atoms with Crippen molar-refractivity contribution in [2.75, 3.05) is 40.3 Å². The van der Waals surface area contributed by atoms with Gasteiger partial charge in [0.25, 0.3) is 0 Å². The van der Waals surface area contributed by atoms with Gasteiger partial charge in [0.2, 0.25) is 0 Å². The maximum Gasteiger partial charge on any atom is 0.191 e. The Morgan fingerprint density at radius 1 is 1.21 bits per heavy atom. The summed E-state index contributed by atoms with van der Waals surface area (Å²) in [6.07, 6.45) is 4.05. The minimum absolute atomic E-state index is 0. The maximum absolute atomic E-state index is 5.45. The SMILES string of the molecule is CN=C(NCCN1CCCCC1)NCc1ccc(C)cc1OC.I. The van der Waals surface area contributed by atoms with Crippen LogP contribution in [0.4, 0.5) is 0 Å². The predicted octanol–water partition coefficient (Wildman–Crippen LogP) is 2.77. The average Bonchev–Trinajstić information content (AvgIpc) is 2.59. The molecular weight excluding hydrogens is 415 g/mol. The summed E-state index contributed by atoms with van der Waals surface area (Å²) in [6.45, 7) is 7.23. The molecule has 5 nitrogen and oxygen atoms in total. The van der Waals surface area contributed by atoms with Crippen molar-refractivity contribution in [3.63, 3.8) is 0 Å². The first kappa shape index (κ1) is 21.0. The molecule has 0 amide bonds. The van der Waals surface area contributed by atoms with E-state index in [0.717, 1.165) is 30.4 Å². The van der Waals surface area contributed by atoms with Crippen LogP contribution in [0.3, 0.4) is 0 Å². The first-order valence-corrected chi connectivity index (χ1v) is 8.53. The summed E-state index contributed by atoms with van der Waals surface area (Å²) in [7, 11) is 3.52. The van der Waals surface area contributed by atoms with Crippen molar-refractivity contribution in [2.45, 2.75) is 32.7 Å². The Morgan fingerprint density at radius 2 is 1.96 bits per heavy atom. The summed E-state index contributed by atoms with van der Waals surface area (Å²) in [4.78, 5) is 6.81. The molecule has 0 bridgehead atoms. The second kappa shape index (κ2) is 11.5. The average molecular weight is 446 g/mol. The van der Waals surface area contributed by atoms with Crippen molar-refractivity contribution in [1.29, 1.82) is 0 Å². The zero-order valence-electron chi connectivity index (χ0n) is 15.1. The molecule has 1 aliphatic heterocycles. The standard InChI is InChI=1S/C18H30N4O.HI/c1-15-7-8-16(17(13-15)23-3)14-21-18(19-2)20-9-12-22-10-5-4-6-11-22;/h7-8,13H,4-6,9-12,14H2,1-3H3,(H2,19,20,21);1H. The Labute approximate surface area is 163 Å². The lowest BCUT2D eigenvalue weighted by Gasteiger charge is -2.26. The van der Waals surface area contributed by atoms with E-state index in [1.807, 2.05) is 7.05 Å². The zero-order valence-corrected chi connectivity index (χ0v) is 17.4. The number of rotatable bonds is 6. The monoisotopic (exact) mass is 446 g/mol. The molecule has 0 unspecified atom stereocenters. The molecule has 6 heteroatoms. The summed E-state index contributed by atoms with van der Waals surface area (Å²) in [5.74, 6) is 1.76. The lowest BCUT2D eigenvalue weighted by Crippen LogP contribution is -2.42. The maximum atomic E-state index is 5.45. The largest absolute Gasteiger partial charge is 0.496 e. The van der Waals surface area contributed by atoms with Gasteiger partial charge in [-0.1, -0.05) is 18.6 Å². The number of likely N-dealkylation sites (tertiary alicyclic amines) is 1. The van der Waals surface area contributed by atoms with E-state index < -0.39 is 0 Å². The first-order chi connectivity index (χ1) is 11.2. The number of aliphatic imine (C=N–C) groups is 1. The smallest absolute Gasteiger partial charge is 0.191 e. The molecule has 1 fully saturated rings. The Morgan fingerprint density at radius 3 is 2.62 bits per heavy atom. The van der Waals surface area contributed by atoms with E-state index in [4.69, 9.17) is 4.74 Å². The molecule has 136 valence electrons. The van der Waals surface area contributed by atoms with Gasteiger partial charge < -0.3 is 20.3 Å². The van der Waals surface area contributed by atoms with Crippen molar-refractivity contribution >= 4 is 29.9 Å². The summed E-state index contributed by atoms with van der Waals surface area (Å²) in [5.41, 5.74) is 2.34. The van der Waals surface area contributed by atoms with Gasteiger partial charge in [0.1, 0.15) is 5.75 Å². The van der Waals surface area contributed by atoms with Gasteiger partial charge in [-0.15, -0.1) is 24.0 Å². The fourth-order valence-corrected chi connectivity index (χ4v) is 2.91. The first-order valence-electron chi connectivity index (χ1n) is 8.53. The molecule has 0 aliphatic carbocycles. The number of guanidine groups is 1. The molecule has 1 heterocycles. The molecule has 0 saturated carbocycles. The Balaban J connectivity index is 0.00000288. The van der Waals surface area contributed by atoms with Gasteiger partial charge in [-0.05, 0) is 44.5 Å². The molecule has 0 aromatic heterocycles. The van der Waals surface area contributed by atoms with Crippen LogP contribution in [0.15, 0.2) is 23.2 Å². The second-order valence-electron chi connectivity index (χ2n) is 6.07. The van der Waals surface area contributed by atoms with E-state index in [9.17, 15) is 0 Å². The van der Waals surface area contributed by atoms with E-state index >= 15 is 0 Å². The molecule has 1 aliphatic rings. The van der Waals surface area contributed by atoms with Gasteiger partial charge in [-0.2, -0.15) is 0 Å². The molecule has 1 aromatic carbocycles. The molecule has 2 N–H and O–H groups in total. The van der Waals surface area contributed by atoms with Gasteiger partial charge in [-0.3, -0.25) is 4.99 Å². The fourth-order valence-electron chi connectivity index (χ4n) is 2.91. The van der Waals surface area contributed by atoms with Crippen LogP contribution in [-0.4, -0.2) is 51.2 Å². The number of piperidine rings is 1. The summed E-state index contributed by atoms with van der Waals surface area (Å²) >= 11 is 0. The van der Waals surface area contributed by atoms with Crippen LogP contribution >= 0.6 is 24.0 Å². The van der Waals surface area contributed by atoms with Crippen molar-refractivity contribution in [2.24, 2.45) is 4.99 Å². The quantitative estimate of drug-likeness (QED) is 0.401. The van der Waals surface area contributed by atoms with Crippen LogP contribution in [0.2, 0.25) is 0 Å². The Hall–Kier alpha value is -1.02. The van der Waals surface area contributed by atoms with Crippen molar-refractivity contribution in [3.8, 4) is 5.75 Å². The third kappa shape index (κ3) is 6.84. The number of aryl methyl sites for hydroxylation is 1. The summed E-state index contributed by atoms with van der Waals surface area (Å²) in [6, 6.07) is 6.26. The van der Waals surface area contributed by atoms with E-state index in [0.29, 0.717) is 6.54 Å². The molecule has 0 atom stereocenters. The third-order valence-corrected chi connectivity index (χ3v) is 4.28. The highest BCUT2D eigenvalue weighted by Gasteiger charge is 2.09. The van der Waals surface area contributed by atoms with Gasteiger partial charge in [0.15, 0.2) is 5.96 Å². The number of nitrogens with one attached hydrogen (secondary N) is 2. The second-order valence-corrected chi connectivity index (χ2v) is 6.07. The molecule has 0 spiro atoms. The summed E-state index contributed by atoms with van der Waals surface area (Å²) in [5, 5.41) is 6.75. The lowest BCUT2D eigenvalue weighted by atomic mass is 10.1. The minimum Gasteiger partial charge on any atom is -0.496 e. The van der Waals surface area contributed by atoms with Gasteiger partial charge in [0.05, 0.1) is 7.11 Å². The van der Waals surface area contributed by atoms with Crippen molar-refractivity contribution in [3.05, 3.63) is 29.3 Å². The number of nitrogens with zero attached hydrogens (tertiary/aromatic N) is 2. The van der Waals surface area contributed by atoms with Crippen LogP contribution in [0.1, 0.15) is 30.4 Å². The van der Waals surface area contributed by atoms with Crippen LogP contribution in [0.25, 0.3) is 0 Å². The number of hydrogen-bond donors (Lipinski definition) is 2. The number of benzene rings is 1. The minimum atomic E-state index is 0. The lowest BCUT2D eigenvalue weighted by molar-refractivity contribution is 0.232. The number of ether oxygens (including phenoxy) is 1. The highest BCUT2D eigenvalue weighted by molar-refractivity contribution is 14.0. The molecule has 1 saturated heterocycles. The van der Waals surface area contributed by atoms with Crippen LogP contribution in [0, 0.1) is 6.92 Å². The van der Waals surface area contributed by atoms with Gasteiger partial charge >= 0.3 is 0 Å². The highest BCUT2D eigenvalue weighted by atomic mass is 127. The van der Waals surface area contributed by atoms with E-state index in [-0.39, 0.29) is 24.0 Å². The molecule has 1 aromatic rings. The topological polar surface area (TPSA) is 48.9 Å². The Kier molecular flexibility index (Phi) is 10.1. The van der Waals surface area contributed by atoms with Crippen molar-refractivity contribution in [1.82, 2.24) is 15.5 Å². The van der Waals surface area contributed by atoms with Crippen LogP contribution in [0.5, 0.6) is 5.75 Å². The van der Waals surface area contributed by atoms with Gasteiger partial charge in [-0.25, -0.2) is 0 Å². The molecule has 2 rings (SSSR count). The van der Waals surface area contributed by atoms with E-state index in [2.05, 4.69) is 45.6 Å². The summed E-state index contributed by atoms with van der Waals surface area (Å²) < 4.78 is 5.45. The normalized spacial score (nSPS) is 15.5. The molecule has 0 radical (unpaired) electrons. The molecule has 24 heavy (non-hydrogen) atoms. The zero-order chi connectivity index (χ0) is 16.5. The van der Waals surface area contributed by atoms with Gasteiger partial charge in [0, 0.05) is 32.2 Å². The number of halogens is 1. The van der Waals surface area contributed by atoms with E-state index in [1.165, 1.54) is 37.9 Å². The predicted molar refractivity (Wildman–Crippen MR) is 112 cm³/mol. The van der Waals surface area contributed by atoms with Crippen molar-refractivity contribution < 1.29 is 4.74 Å². The number of hydrogen-bond acceptors (Lipinski definition) is 3. The highest BCUT2D eigenvalue weighted by Crippen LogP contribution is 2.19. The Bertz CT molecular complexity index is 516. The van der Waals surface area contributed by atoms with E-state index in [1.54, 1.807) is 7.11 Å². The van der Waals surface area contributed by atoms with Crippen LogP contribution < -0.4 is 15.4 Å².